The van der Waals surface area contributed by atoms with E-state index in [-0.39, 0.29) is 17.3 Å². The molecule has 1 aromatic heterocycles. The highest BCUT2D eigenvalue weighted by Gasteiger charge is 2.12. The number of halogens is 1. The molecule has 1 N–H and O–H groups in total. The van der Waals surface area contributed by atoms with E-state index in [1.165, 1.54) is 25.3 Å². The van der Waals surface area contributed by atoms with Crippen LogP contribution in [0.2, 0.25) is 0 Å². The summed E-state index contributed by atoms with van der Waals surface area (Å²) in [6, 6.07) is 3.98. The fourth-order valence-corrected chi connectivity index (χ4v) is 1.76. The van der Waals surface area contributed by atoms with Crippen molar-refractivity contribution in [1.29, 1.82) is 0 Å². The zero-order valence-corrected chi connectivity index (χ0v) is 12.4. The second-order valence-electron chi connectivity index (χ2n) is 4.17. The number of aromatic amines is 1. The summed E-state index contributed by atoms with van der Waals surface area (Å²) in [5, 5.41) is 0.365. The molecule has 0 unspecified atom stereocenters. The van der Waals surface area contributed by atoms with Crippen LogP contribution in [0.3, 0.4) is 0 Å². The Morgan fingerprint density at radius 1 is 1.25 bits per heavy atom. The van der Waals surface area contributed by atoms with Crippen molar-refractivity contribution in [3.63, 3.8) is 0 Å². The Bertz CT molecular complexity index is 635. The van der Waals surface area contributed by atoms with Crippen LogP contribution in [0.5, 0.6) is 11.6 Å². The first-order valence-corrected chi connectivity index (χ1v) is 6.59. The second-order valence-corrected chi connectivity index (χ2v) is 4.17. The first-order chi connectivity index (χ1) is 9.52. The molecule has 2 rings (SSSR count). The van der Waals surface area contributed by atoms with E-state index >= 15 is 0 Å². The summed E-state index contributed by atoms with van der Waals surface area (Å²) in [7, 11) is 1.35. The summed E-state index contributed by atoms with van der Waals surface area (Å²) >= 11 is 0. The average molecular weight is 281 g/mol. The molecule has 110 valence electrons. The van der Waals surface area contributed by atoms with Gasteiger partial charge >= 0.3 is 0 Å². The van der Waals surface area contributed by atoms with Crippen LogP contribution in [0.4, 0.5) is 4.39 Å². The van der Waals surface area contributed by atoms with Gasteiger partial charge in [-0.25, -0.2) is 4.39 Å². The topological polar surface area (TPSA) is 51.3 Å². The molecule has 0 atom stereocenters. The zero-order chi connectivity index (χ0) is 15.3. The van der Waals surface area contributed by atoms with Crippen molar-refractivity contribution in [1.82, 2.24) is 4.98 Å². The van der Waals surface area contributed by atoms with Gasteiger partial charge in [-0.2, -0.15) is 0 Å². The monoisotopic (exact) mass is 281 g/mol. The molecule has 4 nitrogen and oxygen atoms in total. The molecule has 0 spiro atoms. The molecule has 0 saturated heterocycles. The zero-order valence-electron chi connectivity index (χ0n) is 12.4. The number of fused-ring (bicyclic) bond motifs is 1. The van der Waals surface area contributed by atoms with Crippen molar-refractivity contribution in [2.75, 3.05) is 7.11 Å². The number of benzene rings is 1. The molecule has 0 amide bonds. The minimum Gasteiger partial charge on any atom is -0.492 e. The van der Waals surface area contributed by atoms with E-state index in [0.29, 0.717) is 16.8 Å². The lowest BCUT2D eigenvalue weighted by molar-refractivity contribution is 0.233. The Morgan fingerprint density at radius 2 is 1.90 bits per heavy atom. The third-order valence-electron chi connectivity index (χ3n) is 2.45. The Labute approximate surface area is 117 Å². The van der Waals surface area contributed by atoms with E-state index in [4.69, 9.17) is 9.47 Å². The third kappa shape index (κ3) is 3.29. The largest absolute Gasteiger partial charge is 0.492 e. The van der Waals surface area contributed by atoms with Crippen LogP contribution in [-0.4, -0.2) is 18.2 Å². The van der Waals surface area contributed by atoms with Gasteiger partial charge in [0, 0.05) is 11.5 Å². The van der Waals surface area contributed by atoms with Gasteiger partial charge in [-0.1, -0.05) is 13.8 Å². The molecular formula is C15H20FNO3. The predicted molar refractivity (Wildman–Crippen MR) is 78.2 cm³/mol. The maximum atomic E-state index is 13.6. The van der Waals surface area contributed by atoms with Crippen molar-refractivity contribution in [3.8, 4) is 11.6 Å². The molecule has 1 aromatic carbocycles. The summed E-state index contributed by atoms with van der Waals surface area (Å²) in [5.41, 5.74) is 0.0679. The smallest absolute Gasteiger partial charge is 0.195 e. The summed E-state index contributed by atoms with van der Waals surface area (Å²) < 4.78 is 23.9. The summed E-state index contributed by atoms with van der Waals surface area (Å²) in [6.07, 6.45) is -0.0855. The van der Waals surface area contributed by atoms with Gasteiger partial charge < -0.3 is 14.5 Å². The molecule has 20 heavy (non-hydrogen) atoms. The van der Waals surface area contributed by atoms with Crippen LogP contribution in [0.25, 0.3) is 10.9 Å². The average Bonchev–Trinajstić information content (AvgIpc) is 2.40. The van der Waals surface area contributed by atoms with Crippen molar-refractivity contribution in [2.45, 2.75) is 33.8 Å². The number of rotatable bonds is 3. The number of methoxy groups -OCH3 is 1. The summed E-state index contributed by atoms with van der Waals surface area (Å²) in [6.45, 7) is 7.68. The maximum absolute atomic E-state index is 13.6. The SMILES string of the molecule is CC.COc1c(F)ccc2c(=O)cc(OC(C)C)[nH]c12. The van der Waals surface area contributed by atoms with Gasteiger partial charge in [0.25, 0.3) is 0 Å². The highest BCUT2D eigenvalue weighted by molar-refractivity contribution is 5.85. The van der Waals surface area contributed by atoms with Crippen molar-refractivity contribution in [2.24, 2.45) is 0 Å². The number of aromatic nitrogens is 1. The van der Waals surface area contributed by atoms with Gasteiger partial charge in [0.15, 0.2) is 22.9 Å². The van der Waals surface area contributed by atoms with E-state index in [0.717, 1.165) is 0 Å². The van der Waals surface area contributed by atoms with Crippen LogP contribution in [0, 0.1) is 5.82 Å². The maximum Gasteiger partial charge on any atom is 0.195 e. The Kier molecular flexibility index (Phi) is 5.55. The highest BCUT2D eigenvalue weighted by Crippen LogP contribution is 2.26. The van der Waals surface area contributed by atoms with E-state index in [1.54, 1.807) is 0 Å². The van der Waals surface area contributed by atoms with Crippen molar-refractivity contribution >= 4 is 10.9 Å². The third-order valence-corrected chi connectivity index (χ3v) is 2.45. The van der Waals surface area contributed by atoms with Gasteiger partial charge in [-0.15, -0.1) is 0 Å². The van der Waals surface area contributed by atoms with Crippen LogP contribution < -0.4 is 14.9 Å². The molecule has 0 radical (unpaired) electrons. The van der Waals surface area contributed by atoms with Crippen molar-refractivity contribution < 1.29 is 13.9 Å². The van der Waals surface area contributed by atoms with Gasteiger partial charge in [-0.05, 0) is 26.0 Å². The first-order valence-electron chi connectivity index (χ1n) is 6.59. The minimum atomic E-state index is -0.526. The van der Waals surface area contributed by atoms with E-state index in [1.807, 2.05) is 27.7 Å². The van der Waals surface area contributed by atoms with Crippen LogP contribution >= 0.6 is 0 Å². The van der Waals surface area contributed by atoms with Crippen molar-refractivity contribution in [3.05, 3.63) is 34.2 Å². The number of hydrogen-bond donors (Lipinski definition) is 1. The molecule has 5 heteroatoms. The van der Waals surface area contributed by atoms with E-state index < -0.39 is 5.82 Å². The number of nitrogens with one attached hydrogen (secondary N) is 1. The fraction of sp³-hybridized carbons (Fsp3) is 0.400. The molecule has 0 saturated carbocycles. The molecule has 0 bridgehead atoms. The minimum absolute atomic E-state index is 0.0128. The van der Waals surface area contributed by atoms with Gasteiger partial charge in [-0.3, -0.25) is 4.79 Å². The molecule has 1 heterocycles. The van der Waals surface area contributed by atoms with Gasteiger partial charge in [0.2, 0.25) is 0 Å². The molecule has 0 fully saturated rings. The van der Waals surface area contributed by atoms with E-state index in [9.17, 15) is 9.18 Å². The number of H-pyrrole nitrogens is 1. The lowest BCUT2D eigenvalue weighted by Crippen LogP contribution is -2.11. The number of ether oxygens (including phenoxy) is 2. The predicted octanol–water partition coefficient (Wildman–Crippen LogP) is 3.49. The second kappa shape index (κ2) is 6.93. The summed E-state index contributed by atoms with van der Waals surface area (Å²) in [4.78, 5) is 14.8. The summed E-state index contributed by atoms with van der Waals surface area (Å²) in [5.74, 6) is -0.215. The van der Waals surface area contributed by atoms with Crippen LogP contribution in [0.15, 0.2) is 23.0 Å². The molecule has 2 aromatic rings. The van der Waals surface area contributed by atoms with Gasteiger partial charge in [0.1, 0.15) is 0 Å². The fourth-order valence-electron chi connectivity index (χ4n) is 1.76. The Morgan fingerprint density at radius 3 is 2.45 bits per heavy atom. The molecule has 0 aliphatic carbocycles. The standard InChI is InChI=1S/C13H14FNO3.C2H6/c1-7(2)18-11-6-10(16)8-4-5-9(14)13(17-3)12(8)15-11;1-2/h4-7H,1-3H3,(H,15,16);1-2H3. The first kappa shape index (κ1) is 16.0. The quantitative estimate of drug-likeness (QED) is 0.937. The van der Waals surface area contributed by atoms with Crippen LogP contribution in [0.1, 0.15) is 27.7 Å². The van der Waals surface area contributed by atoms with Gasteiger partial charge in [0.05, 0.1) is 18.7 Å². The number of hydrogen-bond acceptors (Lipinski definition) is 3. The molecule has 0 aliphatic heterocycles. The Balaban J connectivity index is 0.000000956. The van der Waals surface area contributed by atoms with E-state index in [2.05, 4.69) is 4.98 Å². The molecular weight excluding hydrogens is 261 g/mol. The van der Waals surface area contributed by atoms with Crippen LogP contribution in [-0.2, 0) is 0 Å². The molecule has 0 aliphatic rings. The lowest BCUT2D eigenvalue weighted by Gasteiger charge is -2.12. The lowest BCUT2D eigenvalue weighted by atomic mass is 10.2. The number of pyridine rings is 1. The normalized spacial score (nSPS) is 10.2. The highest BCUT2D eigenvalue weighted by atomic mass is 19.1. The Hall–Kier alpha value is -2.04.